The maximum atomic E-state index is 10.7. The highest BCUT2D eigenvalue weighted by molar-refractivity contribution is 6.33. The average Bonchev–Trinajstić information content (AvgIpc) is 2.88. The van der Waals surface area contributed by atoms with Gasteiger partial charge in [-0.25, -0.2) is 0 Å². The number of rotatable bonds is 8. The fourth-order valence-electron chi connectivity index (χ4n) is 3.40. The molecule has 0 amide bonds. The first-order valence-corrected chi connectivity index (χ1v) is 9.28. The Morgan fingerprint density at radius 2 is 1.46 bits per heavy atom. The fraction of sp³-hybridized carbons (Fsp3) is 0.238. The van der Waals surface area contributed by atoms with Crippen LogP contribution in [0.4, 0.5) is 0 Å². The summed E-state index contributed by atoms with van der Waals surface area (Å²) in [4.78, 5) is 2.10. The van der Waals surface area contributed by atoms with Gasteiger partial charge in [-0.2, -0.15) is 0 Å². The van der Waals surface area contributed by atoms with Crippen LogP contribution in [-0.4, -0.2) is 40.3 Å². The van der Waals surface area contributed by atoms with Crippen molar-refractivity contribution in [2.24, 2.45) is 0 Å². The smallest absolute Gasteiger partial charge is 0.0846 e. The van der Waals surface area contributed by atoms with Crippen LogP contribution in [0.1, 0.15) is 0 Å². The van der Waals surface area contributed by atoms with Crippen molar-refractivity contribution in [2.75, 3.05) is 19.6 Å². The van der Waals surface area contributed by atoms with Crippen LogP contribution in [0.2, 0.25) is 10.0 Å². The Bertz CT molecular complexity index is 879. The first-order chi connectivity index (χ1) is 12.5. The molecule has 136 valence electrons. The monoisotopic (exact) mass is 388 g/mol. The van der Waals surface area contributed by atoms with Crippen LogP contribution in [0.3, 0.4) is 0 Å². The Kier molecular flexibility index (Phi) is 6.05. The molecular weight excluding hydrogens is 367 g/mol. The van der Waals surface area contributed by atoms with Gasteiger partial charge in [-0.3, -0.25) is 4.90 Å². The standard InChI is InChI=1S/C21H22Cl2N2O/c1-3-9-24(10-4-2)13-17(26)14-25-20-7-5-15(22)11-18(20)19-12-16(23)6-8-21(19)25/h3-8,11-12,17,26H,1-2,9-10,13-14H2/t17-/m0/s1. The number of hydrogen-bond acceptors (Lipinski definition) is 2. The van der Waals surface area contributed by atoms with Gasteiger partial charge in [0.05, 0.1) is 12.6 Å². The minimum atomic E-state index is -0.528. The Morgan fingerprint density at radius 3 is 1.92 bits per heavy atom. The van der Waals surface area contributed by atoms with Crippen molar-refractivity contribution in [3.8, 4) is 0 Å². The Morgan fingerprint density at radius 1 is 0.962 bits per heavy atom. The van der Waals surface area contributed by atoms with Gasteiger partial charge in [0.2, 0.25) is 0 Å². The Labute approximate surface area is 163 Å². The molecule has 0 spiro atoms. The molecule has 0 unspecified atom stereocenters. The van der Waals surface area contributed by atoms with Crippen LogP contribution < -0.4 is 0 Å². The molecule has 1 N–H and O–H groups in total. The first kappa shape index (κ1) is 19.0. The molecular formula is C21H22Cl2N2O. The third-order valence-electron chi connectivity index (χ3n) is 4.43. The fourth-order valence-corrected chi connectivity index (χ4v) is 3.74. The lowest BCUT2D eigenvalue weighted by atomic mass is 10.1. The zero-order valence-corrected chi connectivity index (χ0v) is 16.0. The van der Waals surface area contributed by atoms with Crippen LogP contribution in [0, 0.1) is 0 Å². The van der Waals surface area contributed by atoms with Crippen molar-refractivity contribution < 1.29 is 5.11 Å². The number of halogens is 2. The third kappa shape index (κ3) is 3.97. The lowest BCUT2D eigenvalue weighted by molar-refractivity contribution is 0.111. The van der Waals surface area contributed by atoms with E-state index in [0.717, 1.165) is 21.8 Å². The van der Waals surface area contributed by atoms with Gasteiger partial charge in [0.1, 0.15) is 0 Å². The van der Waals surface area contributed by atoms with Gasteiger partial charge in [-0.1, -0.05) is 35.4 Å². The van der Waals surface area contributed by atoms with Crippen LogP contribution >= 0.6 is 23.2 Å². The summed E-state index contributed by atoms with van der Waals surface area (Å²) in [5, 5.41) is 14.1. The quantitative estimate of drug-likeness (QED) is 0.541. The average molecular weight is 389 g/mol. The van der Waals surface area contributed by atoms with E-state index in [0.29, 0.717) is 36.2 Å². The lowest BCUT2D eigenvalue weighted by Crippen LogP contribution is -2.35. The van der Waals surface area contributed by atoms with E-state index in [2.05, 4.69) is 22.6 Å². The largest absolute Gasteiger partial charge is 0.390 e. The predicted molar refractivity (Wildman–Crippen MR) is 112 cm³/mol. The van der Waals surface area contributed by atoms with Gasteiger partial charge in [0, 0.05) is 51.5 Å². The molecule has 0 radical (unpaired) electrons. The highest BCUT2D eigenvalue weighted by Crippen LogP contribution is 2.33. The zero-order chi connectivity index (χ0) is 18.7. The number of hydrogen-bond donors (Lipinski definition) is 1. The number of aliphatic hydroxyl groups is 1. The maximum absolute atomic E-state index is 10.7. The second kappa shape index (κ2) is 8.28. The van der Waals surface area contributed by atoms with E-state index in [4.69, 9.17) is 23.2 Å². The van der Waals surface area contributed by atoms with Gasteiger partial charge in [-0.15, -0.1) is 13.2 Å². The molecule has 1 atom stereocenters. The molecule has 0 fully saturated rings. The highest BCUT2D eigenvalue weighted by atomic mass is 35.5. The summed E-state index contributed by atoms with van der Waals surface area (Å²) >= 11 is 12.4. The van der Waals surface area contributed by atoms with Crippen molar-refractivity contribution in [3.63, 3.8) is 0 Å². The van der Waals surface area contributed by atoms with Gasteiger partial charge < -0.3 is 9.67 Å². The van der Waals surface area contributed by atoms with Crippen molar-refractivity contribution in [2.45, 2.75) is 12.6 Å². The molecule has 3 aromatic rings. The third-order valence-corrected chi connectivity index (χ3v) is 4.90. The molecule has 2 aromatic carbocycles. The molecule has 0 bridgehead atoms. The van der Waals surface area contributed by atoms with E-state index >= 15 is 0 Å². The molecule has 3 nitrogen and oxygen atoms in total. The summed E-state index contributed by atoms with van der Waals surface area (Å²) in [7, 11) is 0. The van der Waals surface area contributed by atoms with Crippen molar-refractivity contribution in [1.82, 2.24) is 9.47 Å². The summed E-state index contributed by atoms with van der Waals surface area (Å²) in [5.74, 6) is 0. The normalized spacial score (nSPS) is 12.8. The Hall–Kier alpha value is -1.78. The second-order valence-corrected chi connectivity index (χ2v) is 7.26. The van der Waals surface area contributed by atoms with Crippen LogP contribution in [0.25, 0.3) is 21.8 Å². The Balaban J connectivity index is 1.98. The van der Waals surface area contributed by atoms with E-state index in [9.17, 15) is 5.11 Å². The maximum Gasteiger partial charge on any atom is 0.0846 e. The van der Waals surface area contributed by atoms with Gasteiger partial charge in [-0.05, 0) is 36.4 Å². The minimum absolute atomic E-state index is 0.480. The van der Waals surface area contributed by atoms with E-state index < -0.39 is 6.10 Å². The van der Waals surface area contributed by atoms with Crippen molar-refractivity contribution >= 4 is 45.0 Å². The molecule has 0 aliphatic carbocycles. The summed E-state index contributed by atoms with van der Waals surface area (Å²) in [5.41, 5.74) is 2.06. The second-order valence-electron chi connectivity index (χ2n) is 6.38. The number of aliphatic hydroxyl groups excluding tert-OH is 1. The summed E-state index contributed by atoms with van der Waals surface area (Å²) in [6, 6.07) is 11.6. The van der Waals surface area contributed by atoms with Crippen molar-refractivity contribution in [3.05, 3.63) is 71.8 Å². The van der Waals surface area contributed by atoms with Crippen LogP contribution in [0.15, 0.2) is 61.7 Å². The minimum Gasteiger partial charge on any atom is -0.390 e. The summed E-state index contributed by atoms with van der Waals surface area (Å²) in [6.07, 6.45) is 3.14. The van der Waals surface area contributed by atoms with E-state index in [1.54, 1.807) is 0 Å². The topological polar surface area (TPSA) is 28.4 Å². The van der Waals surface area contributed by atoms with E-state index in [1.807, 2.05) is 48.6 Å². The molecule has 5 heteroatoms. The molecule has 0 saturated heterocycles. The van der Waals surface area contributed by atoms with Crippen LogP contribution in [-0.2, 0) is 6.54 Å². The molecule has 1 heterocycles. The van der Waals surface area contributed by atoms with Crippen LogP contribution in [0.5, 0.6) is 0 Å². The number of benzene rings is 2. The van der Waals surface area contributed by atoms with Gasteiger partial charge >= 0.3 is 0 Å². The molecule has 26 heavy (non-hydrogen) atoms. The highest BCUT2D eigenvalue weighted by Gasteiger charge is 2.16. The summed E-state index contributed by atoms with van der Waals surface area (Å²) < 4.78 is 2.13. The molecule has 0 aliphatic heterocycles. The number of aromatic nitrogens is 1. The lowest BCUT2D eigenvalue weighted by Gasteiger charge is -2.23. The molecule has 0 aliphatic rings. The van der Waals surface area contributed by atoms with Crippen molar-refractivity contribution in [1.29, 1.82) is 0 Å². The summed E-state index contributed by atoms with van der Waals surface area (Å²) in [6.45, 7) is 9.99. The van der Waals surface area contributed by atoms with E-state index in [-0.39, 0.29) is 0 Å². The molecule has 3 rings (SSSR count). The SMILES string of the molecule is C=CCN(CC=C)C[C@H](O)Cn1c2ccc(Cl)cc2c2cc(Cl)ccc21. The van der Waals surface area contributed by atoms with E-state index in [1.165, 1.54) is 0 Å². The molecule has 1 aromatic heterocycles. The van der Waals surface area contributed by atoms with Gasteiger partial charge in [0.15, 0.2) is 0 Å². The number of fused-ring (bicyclic) bond motifs is 3. The number of nitrogens with zero attached hydrogens (tertiary/aromatic N) is 2. The predicted octanol–water partition coefficient (Wildman–Crippen LogP) is 5.14. The first-order valence-electron chi connectivity index (χ1n) is 8.52. The zero-order valence-electron chi connectivity index (χ0n) is 14.5. The molecule has 0 saturated carbocycles. The van der Waals surface area contributed by atoms with Gasteiger partial charge in [0.25, 0.3) is 0 Å².